The van der Waals surface area contributed by atoms with E-state index in [0.717, 1.165) is 24.3 Å². The van der Waals surface area contributed by atoms with E-state index in [1.165, 1.54) is 30.3 Å². The van der Waals surface area contributed by atoms with Gasteiger partial charge in [-0.25, -0.2) is 13.2 Å². The number of non-ortho nitro benzene ring substituents is 1. The molecule has 40 heavy (non-hydrogen) atoms. The third-order valence-corrected chi connectivity index (χ3v) is 6.13. The minimum Gasteiger partial charge on any atom is -0.450 e. The average Bonchev–Trinajstić information content (AvgIpc) is 3.16. The van der Waals surface area contributed by atoms with Crippen LogP contribution in [0, 0.1) is 37.7 Å². The number of ether oxygens (including phenoxy) is 1. The molecule has 4 rings (SSSR count). The number of carbonyl (C=O) groups is 3. The van der Waals surface area contributed by atoms with Crippen molar-refractivity contribution in [1.29, 1.82) is 0 Å². The number of amides is 3. The highest BCUT2D eigenvalue weighted by Crippen LogP contribution is 2.36. The van der Waals surface area contributed by atoms with Gasteiger partial charge in [-0.15, -0.1) is 0 Å². The number of hydrogen-bond acceptors (Lipinski definition) is 9. The first kappa shape index (κ1) is 27.8. The van der Waals surface area contributed by atoms with Gasteiger partial charge in [0.25, 0.3) is 16.8 Å². The van der Waals surface area contributed by atoms with Gasteiger partial charge in [0.1, 0.15) is 12.3 Å². The molecule has 0 saturated carbocycles. The molecule has 3 amide bonds. The summed E-state index contributed by atoms with van der Waals surface area (Å²) in [6, 6.07) is 10.00. The predicted molar refractivity (Wildman–Crippen MR) is 134 cm³/mol. The number of rotatable bonds is 8. The Balaban J connectivity index is 1.49. The fourth-order valence-electron chi connectivity index (χ4n) is 3.39. The highest BCUT2D eigenvalue weighted by Gasteiger charge is 2.36. The van der Waals surface area contributed by atoms with E-state index in [4.69, 9.17) is 4.74 Å². The van der Waals surface area contributed by atoms with E-state index in [1.54, 1.807) is 0 Å². The first-order chi connectivity index (χ1) is 18.9. The molecule has 0 radical (unpaired) electrons. The number of nitro groups is 2. The minimum atomic E-state index is -1.80. The molecule has 3 aromatic carbocycles. The van der Waals surface area contributed by atoms with Gasteiger partial charge in [0.2, 0.25) is 11.7 Å². The molecular formula is C24H13F3N4O8S. The molecule has 0 bridgehead atoms. The highest BCUT2D eigenvalue weighted by molar-refractivity contribution is 8.18. The van der Waals surface area contributed by atoms with Gasteiger partial charge in [0.05, 0.1) is 26.5 Å². The molecule has 0 atom stereocenters. The quantitative estimate of drug-likeness (QED) is 0.161. The Morgan fingerprint density at radius 2 is 1.75 bits per heavy atom. The summed E-state index contributed by atoms with van der Waals surface area (Å²) in [4.78, 5) is 58.4. The largest absolute Gasteiger partial charge is 0.450 e. The SMILES string of the molecule is O=C(CN1C(=O)S/C(=C/c2cccc(Oc3ccc([N+](=O)[O-])cc3[N+](=O)[O-])c2)C1=O)Nc1ccc(F)c(F)c1F. The Labute approximate surface area is 225 Å². The molecule has 1 N–H and O–H groups in total. The fourth-order valence-corrected chi connectivity index (χ4v) is 4.22. The number of thioether (sulfide) groups is 1. The van der Waals surface area contributed by atoms with Crippen LogP contribution in [0.1, 0.15) is 5.56 Å². The lowest BCUT2D eigenvalue weighted by Gasteiger charge is -2.13. The maximum Gasteiger partial charge on any atom is 0.318 e. The van der Waals surface area contributed by atoms with Gasteiger partial charge in [-0.05, 0) is 53.7 Å². The van der Waals surface area contributed by atoms with E-state index in [2.05, 4.69) is 0 Å². The van der Waals surface area contributed by atoms with E-state index in [9.17, 15) is 47.8 Å². The summed E-state index contributed by atoms with van der Waals surface area (Å²) in [5.41, 5.74) is -1.52. The second kappa shape index (κ2) is 11.2. The zero-order chi connectivity index (χ0) is 29.1. The van der Waals surface area contributed by atoms with Crippen molar-refractivity contribution < 1.29 is 42.1 Å². The number of nitrogens with one attached hydrogen (secondary N) is 1. The van der Waals surface area contributed by atoms with Crippen molar-refractivity contribution in [2.24, 2.45) is 0 Å². The number of carbonyl (C=O) groups excluding carboxylic acids is 3. The molecule has 0 aliphatic carbocycles. The molecule has 1 aliphatic heterocycles. The Kier molecular flexibility index (Phi) is 7.81. The molecule has 12 nitrogen and oxygen atoms in total. The summed E-state index contributed by atoms with van der Waals surface area (Å²) in [5, 5.41) is 23.4. The van der Waals surface area contributed by atoms with Crippen LogP contribution >= 0.6 is 11.8 Å². The number of benzene rings is 3. The van der Waals surface area contributed by atoms with Gasteiger partial charge in [0.15, 0.2) is 17.5 Å². The van der Waals surface area contributed by atoms with Crippen molar-refractivity contribution >= 4 is 52.0 Å². The Morgan fingerprint density at radius 3 is 2.45 bits per heavy atom. The second-order valence-corrected chi connectivity index (χ2v) is 8.87. The molecule has 0 aromatic heterocycles. The Hall–Kier alpha value is -5.25. The van der Waals surface area contributed by atoms with Crippen LogP contribution in [-0.4, -0.2) is 38.3 Å². The maximum absolute atomic E-state index is 13.8. The number of hydrogen-bond donors (Lipinski definition) is 1. The minimum absolute atomic E-state index is 0.0675. The molecule has 0 spiro atoms. The first-order valence-electron chi connectivity index (χ1n) is 10.8. The van der Waals surface area contributed by atoms with Crippen LogP contribution in [0.4, 0.5) is 35.0 Å². The molecule has 0 unspecified atom stereocenters. The molecule has 1 fully saturated rings. The van der Waals surface area contributed by atoms with Crippen LogP contribution < -0.4 is 10.1 Å². The molecule has 1 heterocycles. The lowest BCUT2D eigenvalue weighted by molar-refractivity contribution is -0.394. The number of anilines is 1. The zero-order valence-electron chi connectivity index (χ0n) is 19.6. The third-order valence-electron chi connectivity index (χ3n) is 5.22. The summed E-state index contributed by atoms with van der Waals surface area (Å²) < 4.78 is 45.8. The lowest BCUT2D eigenvalue weighted by atomic mass is 10.2. The molecule has 1 aliphatic rings. The highest BCUT2D eigenvalue weighted by atomic mass is 32.2. The number of nitro benzene ring substituents is 2. The van der Waals surface area contributed by atoms with E-state index < -0.39 is 68.0 Å². The van der Waals surface area contributed by atoms with E-state index in [-0.39, 0.29) is 16.4 Å². The van der Waals surface area contributed by atoms with Crippen molar-refractivity contribution in [3.05, 3.63) is 103 Å². The molecule has 204 valence electrons. The monoisotopic (exact) mass is 574 g/mol. The number of halogens is 3. The van der Waals surface area contributed by atoms with Crippen LogP contribution in [0.25, 0.3) is 6.08 Å². The molecular weight excluding hydrogens is 561 g/mol. The van der Waals surface area contributed by atoms with Crippen LogP contribution in [-0.2, 0) is 9.59 Å². The summed E-state index contributed by atoms with van der Waals surface area (Å²) in [5.74, 6) is -7.05. The van der Waals surface area contributed by atoms with Gasteiger partial charge in [0, 0.05) is 6.07 Å². The van der Waals surface area contributed by atoms with Gasteiger partial charge in [-0.2, -0.15) is 0 Å². The Morgan fingerprint density at radius 1 is 1.00 bits per heavy atom. The summed E-state index contributed by atoms with van der Waals surface area (Å²) in [6.45, 7) is -0.840. The van der Waals surface area contributed by atoms with Gasteiger partial charge in [-0.1, -0.05) is 12.1 Å². The average molecular weight is 574 g/mol. The van der Waals surface area contributed by atoms with Crippen molar-refractivity contribution in [2.75, 3.05) is 11.9 Å². The van der Waals surface area contributed by atoms with Gasteiger partial charge >= 0.3 is 5.69 Å². The Bertz CT molecular complexity index is 1630. The molecule has 16 heteroatoms. The summed E-state index contributed by atoms with van der Waals surface area (Å²) in [7, 11) is 0. The van der Waals surface area contributed by atoms with E-state index >= 15 is 0 Å². The van der Waals surface area contributed by atoms with Gasteiger partial charge in [-0.3, -0.25) is 39.5 Å². The maximum atomic E-state index is 13.8. The third kappa shape index (κ3) is 5.91. The zero-order valence-corrected chi connectivity index (χ0v) is 20.4. The van der Waals surface area contributed by atoms with E-state index in [0.29, 0.717) is 28.3 Å². The van der Waals surface area contributed by atoms with Crippen molar-refractivity contribution in [3.63, 3.8) is 0 Å². The summed E-state index contributed by atoms with van der Waals surface area (Å²) in [6.07, 6.45) is 1.29. The second-order valence-electron chi connectivity index (χ2n) is 7.88. The van der Waals surface area contributed by atoms with Crippen molar-refractivity contribution in [3.8, 4) is 11.5 Å². The number of nitrogens with zero attached hydrogens (tertiary/aromatic N) is 3. The lowest BCUT2D eigenvalue weighted by Crippen LogP contribution is -2.36. The van der Waals surface area contributed by atoms with Crippen LogP contribution in [0.5, 0.6) is 11.5 Å². The summed E-state index contributed by atoms with van der Waals surface area (Å²) >= 11 is 0.494. The standard InChI is InChI=1S/C24H13F3N4O8S/c25-15-5-6-16(22(27)21(15)26)28-20(32)11-29-23(33)19(40-24(29)34)9-12-2-1-3-14(8-12)39-18-7-4-13(30(35)36)10-17(18)31(37)38/h1-10H,11H2,(H,28,32)/b19-9+. The van der Waals surface area contributed by atoms with Crippen LogP contribution in [0.2, 0.25) is 0 Å². The van der Waals surface area contributed by atoms with Crippen molar-refractivity contribution in [1.82, 2.24) is 4.90 Å². The van der Waals surface area contributed by atoms with Crippen molar-refractivity contribution in [2.45, 2.75) is 0 Å². The van der Waals surface area contributed by atoms with Crippen LogP contribution in [0.15, 0.2) is 59.5 Å². The van der Waals surface area contributed by atoms with E-state index in [1.807, 2.05) is 5.32 Å². The first-order valence-corrected chi connectivity index (χ1v) is 11.7. The van der Waals surface area contributed by atoms with Gasteiger partial charge < -0.3 is 10.1 Å². The smallest absolute Gasteiger partial charge is 0.318 e. The predicted octanol–water partition coefficient (Wildman–Crippen LogP) is 5.39. The molecule has 3 aromatic rings. The topological polar surface area (TPSA) is 162 Å². The number of imide groups is 1. The van der Waals surface area contributed by atoms with Crippen LogP contribution in [0.3, 0.4) is 0 Å². The fraction of sp³-hybridized carbons (Fsp3) is 0.0417. The molecule has 1 saturated heterocycles. The normalized spacial score (nSPS) is 14.0.